The number of fused-ring (bicyclic) bond motifs is 1. The fraction of sp³-hybridized carbons (Fsp3) is 0.719. The number of piperidine rings is 1. The number of nitrogens with zero attached hydrogens (tertiary/aromatic N) is 1. The molecule has 198 valence electrons. The normalized spacial score (nSPS) is 28.9. The number of furan rings is 1. The molecule has 2 heterocycles. The minimum Gasteiger partial charge on any atom is -0.464 e. The summed E-state index contributed by atoms with van der Waals surface area (Å²) in [6.45, 7) is 10.7. The van der Waals surface area contributed by atoms with Crippen LogP contribution in [0.15, 0.2) is 34.9 Å². The lowest BCUT2D eigenvalue weighted by Gasteiger charge is -2.37. The van der Waals surface area contributed by atoms with Crippen molar-refractivity contribution in [2.24, 2.45) is 23.2 Å². The van der Waals surface area contributed by atoms with E-state index in [2.05, 4.69) is 55.3 Å². The van der Waals surface area contributed by atoms with Crippen molar-refractivity contribution in [1.29, 1.82) is 0 Å². The molecule has 2 saturated carbocycles. The molecule has 0 bridgehead atoms. The summed E-state index contributed by atoms with van der Waals surface area (Å²) in [5.74, 6) is 2.83. The smallest absolute Gasteiger partial charge is 0.223 e. The number of hydrogen-bond donors (Lipinski definition) is 1. The van der Waals surface area contributed by atoms with Crippen LogP contribution in [0.2, 0.25) is 0 Å². The summed E-state index contributed by atoms with van der Waals surface area (Å²) in [5, 5.41) is 4.75. The highest BCUT2D eigenvalue weighted by atomic mass is 16.3. The van der Waals surface area contributed by atoms with Gasteiger partial charge in [-0.05, 0) is 119 Å². The first-order chi connectivity index (χ1) is 17.4. The molecular weight excluding hydrogens is 444 g/mol. The zero-order valence-corrected chi connectivity index (χ0v) is 22.9. The summed E-state index contributed by atoms with van der Waals surface area (Å²) in [6, 6.07) is 8.87. The molecule has 4 heteroatoms. The molecule has 3 fully saturated rings. The molecule has 36 heavy (non-hydrogen) atoms. The first-order valence-electron chi connectivity index (χ1n) is 14.9. The van der Waals surface area contributed by atoms with E-state index in [1.807, 2.05) is 6.26 Å². The third-order valence-corrected chi connectivity index (χ3v) is 9.91. The molecule has 0 unspecified atom stereocenters. The zero-order valence-electron chi connectivity index (χ0n) is 22.9. The van der Waals surface area contributed by atoms with Crippen molar-refractivity contribution in [2.45, 2.75) is 103 Å². The third-order valence-electron chi connectivity index (χ3n) is 9.91. The topological polar surface area (TPSA) is 45.5 Å². The van der Waals surface area contributed by atoms with Crippen LogP contribution in [0, 0.1) is 23.2 Å². The van der Waals surface area contributed by atoms with Gasteiger partial charge in [0.05, 0.1) is 6.26 Å². The number of likely N-dealkylation sites (tertiary alicyclic amines) is 1. The van der Waals surface area contributed by atoms with Crippen molar-refractivity contribution >= 4 is 16.9 Å². The molecule has 2 aromatic rings. The summed E-state index contributed by atoms with van der Waals surface area (Å²) in [6.07, 6.45) is 15.3. The van der Waals surface area contributed by atoms with Crippen LogP contribution in [-0.4, -0.2) is 36.5 Å². The monoisotopic (exact) mass is 492 g/mol. The average molecular weight is 493 g/mol. The number of carbonyl (C=O) groups is 1. The van der Waals surface area contributed by atoms with Gasteiger partial charge in [0.25, 0.3) is 0 Å². The number of hydrogen-bond acceptors (Lipinski definition) is 3. The van der Waals surface area contributed by atoms with Crippen LogP contribution in [0.3, 0.4) is 0 Å². The molecule has 0 atom stereocenters. The van der Waals surface area contributed by atoms with Gasteiger partial charge in [-0.15, -0.1) is 0 Å². The lowest BCUT2D eigenvalue weighted by atomic mass is 9.69. The maximum atomic E-state index is 12.9. The number of benzene rings is 1. The first-order valence-corrected chi connectivity index (χ1v) is 14.9. The van der Waals surface area contributed by atoms with E-state index in [0.29, 0.717) is 23.3 Å². The van der Waals surface area contributed by atoms with E-state index >= 15 is 0 Å². The molecule has 1 aromatic heterocycles. The van der Waals surface area contributed by atoms with Crippen LogP contribution < -0.4 is 5.32 Å². The molecule has 1 saturated heterocycles. The Hall–Kier alpha value is -1.81. The summed E-state index contributed by atoms with van der Waals surface area (Å²) in [5.41, 5.74) is 2.81. The second kappa shape index (κ2) is 11.3. The molecule has 1 aromatic carbocycles. The van der Waals surface area contributed by atoms with Gasteiger partial charge in [-0.2, -0.15) is 0 Å². The maximum absolute atomic E-state index is 12.9. The van der Waals surface area contributed by atoms with Gasteiger partial charge in [0.2, 0.25) is 5.91 Å². The molecule has 0 spiro atoms. The fourth-order valence-corrected chi connectivity index (χ4v) is 7.28. The van der Waals surface area contributed by atoms with Crippen molar-refractivity contribution in [3.63, 3.8) is 0 Å². The number of nitrogens with one attached hydrogen (secondary N) is 1. The molecule has 0 radical (unpaired) electrons. The molecular formula is C32H48N2O2. The zero-order chi connectivity index (χ0) is 25.1. The van der Waals surface area contributed by atoms with Crippen molar-refractivity contribution in [3.05, 3.63) is 36.1 Å². The van der Waals surface area contributed by atoms with Gasteiger partial charge in [0.1, 0.15) is 5.58 Å². The van der Waals surface area contributed by atoms with Gasteiger partial charge in [-0.25, -0.2) is 0 Å². The molecule has 1 aliphatic heterocycles. The SMILES string of the molecule is CC(C)(C)[C@H]1CC[C@H](C(=O)NC2CCC(CCN3CCC(c4coc5ccccc45)CC3)CC2)CC1. The predicted molar refractivity (Wildman–Crippen MR) is 148 cm³/mol. The van der Waals surface area contributed by atoms with Crippen molar-refractivity contribution < 1.29 is 9.21 Å². The predicted octanol–water partition coefficient (Wildman–Crippen LogP) is 7.53. The van der Waals surface area contributed by atoms with E-state index in [4.69, 9.17) is 4.42 Å². The molecule has 5 rings (SSSR count). The largest absolute Gasteiger partial charge is 0.464 e. The van der Waals surface area contributed by atoms with Gasteiger partial charge >= 0.3 is 0 Å². The molecule has 2 aliphatic carbocycles. The van der Waals surface area contributed by atoms with Crippen molar-refractivity contribution in [2.75, 3.05) is 19.6 Å². The second-order valence-corrected chi connectivity index (χ2v) is 13.2. The van der Waals surface area contributed by atoms with E-state index in [-0.39, 0.29) is 5.92 Å². The minimum atomic E-state index is 0.254. The lowest BCUT2D eigenvalue weighted by Crippen LogP contribution is -2.42. The third kappa shape index (κ3) is 6.18. The van der Waals surface area contributed by atoms with Crippen LogP contribution >= 0.6 is 0 Å². The Labute approximate surface area is 218 Å². The van der Waals surface area contributed by atoms with Gasteiger partial charge in [0, 0.05) is 22.9 Å². The molecule has 4 nitrogen and oxygen atoms in total. The van der Waals surface area contributed by atoms with Crippen LogP contribution in [-0.2, 0) is 4.79 Å². The fourth-order valence-electron chi connectivity index (χ4n) is 7.28. The summed E-state index contributed by atoms with van der Waals surface area (Å²) in [4.78, 5) is 15.6. The Balaban J connectivity index is 0.982. The van der Waals surface area contributed by atoms with Gasteiger partial charge in [-0.3, -0.25) is 4.79 Å². The summed E-state index contributed by atoms with van der Waals surface area (Å²) in [7, 11) is 0. The minimum absolute atomic E-state index is 0.254. The number of rotatable bonds is 6. The molecule has 1 N–H and O–H groups in total. The summed E-state index contributed by atoms with van der Waals surface area (Å²) >= 11 is 0. The highest BCUT2D eigenvalue weighted by Crippen LogP contribution is 2.40. The Bertz CT molecular complexity index is 981. The molecule has 3 aliphatic rings. The van der Waals surface area contributed by atoms with E-state index < -0.39 is 0 Å². The molecule has 1 amide bonds. The quantitative estimate of drug-likeness (QED) is 0.453. The van der Waals surface area contributed by atoms with Crippen LogP contribution in [0.1, 0.15) is 103 Å². The van der Waals surface area contributed by atoms with Crippen molar-refractivity contribution in [3.8, 4) is 0 Å². The number of amides is 1. The number of carbonyl (C=O) groups excluding carboxylic acids is 1. The Morgan fingerprint density at radius 1 is 0.944 bits per heavy atom. The van der Waals surface area contributed by atoms with Gasteiger partial charge in [-0.1, -0.05) is 39.0 Å². The second-order valence-electron chi connectivity index (χ2n) is 13.2. The first kappa shape index (κ1) is 25.8. The van der Waals surface area contributed by atoms with Crippen LogP contribution in [0.5, 0.6) is 0 Å². The van der Waals surface area contributed by atoms with Crippen LogP contribution in [0.25, 0.3) is 11.0 Å². The summed E-state index contributed by atoms with van der Waals surface area (Å²) < 4.78 is 5.80. The maximum Gasteiger partial charge on any atom is 0.223 e. The standard InChI is InChI=1S/C32H48N2O2/c1-32(2,3)26-12-10-25(11-13-26)31(35)33-27-14-8-23(9-15-27)16-19-34-20-17-24(18-21-34)29-22-36-30-7-5-4-6-28(29)30/h4-7,22-27H,8-21H2,1-3H3,(H,33,35)/t23?,25-,26-,27?. The van der Waals surface area contributed by atoms with E-state index in [1.54, 1.807) is 0 Å². The Morgan fingerprint density at radius 3 is 2.33 bits per heavy atom. The number of para-hydroxylation sites is 1. The van der Waals surface area contributed by atoms with Crippen molar-refractivity contribution in [1.82, 2.24) is 10.2 Å². The highest BCUT2D eigenvalue weighted by molar-refractivity contribution is 5.81. The van der Waals surface area contributed by atoms with Crippen LogP contribution in [0.4, 0.5) is 0 Å². The van der Waals surface area contributed by atoms with Gasteiger partial charge in [0.15, 0.2) is 0 Å². The van der Waals surface area contributed by atoms with E-state index in [0.717, 1.165) is 30.3 Å². The lowest BCUT2D eigenvalue weighted by molar-refractivity contribution is -0.127. The highest BCUT2D eigenvalue weighted by Gasteiger charge is 2.33. The van der Waals surface area contributed by atoms with E-state index in [9.17, 15) is 4.79 Å². The Kier molecular flexibility index (Phi) is 8.10. The average Bonchev–Trinajstić information content (AvgIpc) is 3.32. The Morgan fingerprint density at radius 2 is 1.64 bits per heavy atom. The van der Waals surface area contributed by atoms with Gasteiger partial charge < -0.3 is 14.6 Å². The van der Waals surface area contributed by atoms with E-state index in [1.165, 1.54) is 88.4 Å².